The molecule has 0 spiro atoms. The molecule has 0 saturated carbocycles. The SMILES string of the molecule is O=C(Nc1cc(F)cc(F)c1)C1CCCCN1CCc1nc(-c2cccc(Cl)c2)no1. The number of amides is 1. The molecule has 9 heteroatoms. The van der Waals surface area contributed by atoms with E-state index in [-0.39, 0.29) is 11.6 Å². The van der Waals surface area contributed by atoms with Crippen molar-refractivity contribution < 1.29 is 18.1 Å². The van der Waals surface area contributed by atoms with Crippen LogP contribution in [0, 0.1) is 11.6 Å². The summed E-state index contributed by atoms with van der Waals surface area (Å²) in [5.41, 5.74) is 0.871. The number of carbonyl (C=O) groups excluding carboxylic acids is 1. The minimum Gasteiger partial charge on any atom is -0.339 e. The van der Waals surface area contributed by atoms with E-state index in [0.717, 1.165) is 43.1 Å². The lowest BCUT2D eigenvalue weighted by atomic mass is 10.0. The van der Waals surface area contributed by atoms with Crippen LogP contribution < -0.4 is 5.32 Å². The quantitative estimate of drug-likeness (QED) is 0.594. The van der Waals surface area contributed by atoms with Crippen LogP contribution in [0.3, 0.4) is 0 Å². The Hall–Kier alpha value is -2.84. The van der Waals surface area contributed by atoms with Crippen molar-refractivity contribution in [2.24, 2.45) is 0 Å². The normalized spacial score (nSPS) is 16.9. The molecule has 1 atom stereocenters. The molecule has 31 heavy (non-hydrogen) atoms. The first-order chi connectivity index (χ1) is 15.0. The highest BCUT2D eigenvalue weighted by molar-refractivity contribution is 6.30. The van der Waals surface area contributed by atoms with E-state index in [9.17, 15) is 13.6 Å². The molecule has 1 aliphatic heterocycles. The zero-order chi connectivity index (χ0) is 21.8. The van der Waals surface area contributed by atoms with E-state index >= 15 is 0 Å². The Bertz CT molecular complexity index is 1050. The summed E-state index contributed by atoms with van der Waals surface area (Å²) in [5, 5.41) is 7.22. The number of nitrogens with one attached hydrogen (secondary N) is 1. The number of nitrogens with zero attached hydrogens (tertiary/aromatic N) is 3. The predicted molar refractivity (Wildman–Crippen MR) is 113 cm³/mol. The molecule has 1 saturated heterocycles. The summed E-state index contributed by atoms with van der Waals surface area (Å²) >= 11 is 6.01. The minimum absolute atomic E-state index is 0.107. The first-order valence-corrected chi connectivity index (χ1v) is 10.5. The van der Waals surface area contributed by atoms with E-state index in [4.69, 9.17) is 16.1 Å². The van der Waals surface area contributed by atoms with E-state index in [1.165, 1.54) is 0 Å². The van der Waals surface area contributed by atoms with Crippen LogP contribution in [-0.2, 0) is 11.2 Å². The third-order valence-corrected chi connectivity index (χ3v) is 5.45. The van der Waals surface area contributed by atoms with Gasteiger partial charge >= 0.3 is 0 Å². The second-order valence-corrected chi connectivity index (χ2v) is 7.90. The van der Waals surface area contributed by atoms with Crippen molar-refractivity contribution in [3.8, 4) is 11.4 Å². The van der Waals surface area contributed by atoms with Gasteiger partial charge in [-0.05, 0) is 43.7 Å². The van der Waals surface area contributed by atoms with E-state index in [1.54, 1.807) is 12.1 Å². The highest BCUT2D eigenvalue weighted by Gasteiger charge is 2.29. The van der Waals surface area contributed by atoms with Gasteiger partial charge < -0.3 is 9.84 Å². The molecule has 4 rings (SSSR count). The lowest BCUT2D eigenvalue weighted by Gasteiger charge is -2.34. The van der Waals surface area contributed by atoms with Crippen LogP contribution in [0.4, 0.5) is 14.5 Å². The molecule has 1 fully saturated rings. The highest BCUT2D eigenvalue weighted by atomic mass is 35.5. The van der Waals surface area contributed by atoms with Crippen LogP contribution in [0.5, 0.6) is 0 Å². The maximum absolute atomic E-state index is 13.4. The smallest absolute Gasteiger partial charge is 0.241 e. The van der Waals surface area contributed by atoms with Gasteiger partial charge in [0.2, 0.25) is 17.6 Å². The number of rotatable bonds is 6. The fourth-order valence-electron chi connectivity index (χ4n) is 3.75. The van der Waals surface area contributed by atoms with Crippen molar-refractivity contribution >= 4 is 23.2 Å². The zero-order valence-corrected chi connectivity index (χ0v) is 17.4. The van der Waals surface area contributed by atoms with Crippen molar-refractivity contribution in [2.75, 3.05) is 18.4 Å². The summed E-state index contributed by atoms with van der Waals surface area (Å²) in [7, 11) is 0. The molecule has 1 N–H and O–H groups in total. The van der Waals surface area contributed by atoms with Crippen molar-refractivity contribution in [3.63, 3.8) is 0 Å². The Morgan fingerprint density at radius 3 is 2.77 bits per heavy atom. The summed E-state index contributed by atoms with van der Waals surface area (Å²) in [6.07, 6.45) is 3.02. The van der Waals surface area contributed by atoms with E-state index in [1.807, 2.05) is 17.0 Å². The Labute approximate surface area is 183 Å². The number of anilines is 1. The molecule has 0 aliphatic carbocycles. The number of piperidine rings is 1. The van der Waals surface area contributed by atoms with Crippen LogP contribution in [0.1, 0.15) is 25.2 Å². The van der Waals surface area contributed by atoms with Gasteiger partial charge in [-0.15, -0.1) is 0 Å². The number of halogens is 3. The highest BCUT2D eigenvalue weighted by Crippen LogP contribution is 2.22. The van der Waals surface area contributed by atoms with Gasteiger partial charge in [-0.1, -0.05) is 35.3 Å². The van der Waals surface area contributed by atoms with Gasteiger partial charge in [-0.2, -0.15) is 4.98 Å². The van der Waals surface area contributed by atoms with Gasteiger partial charge in [0.25, 0.3) is 0 Å². The molecule has 162 valence electrons. The standard InChI is InChI=1S/C22H21ClF2N4O2/c23-15-5-3-4-14(10-15)21-27-20(31-28-21)7-9-29-8-2-1-6-19(29)22(30)26-18-12-16(24)11-17(25)13-18/h3-5,10-13,19H,1-2,6-9H2,(H,26,30). The van der Waals surface area contributed by atoms with Crippen LogP contribution in [0.25, 0.3) is 11.4 Å². The Kier molecular flexibility index (Phi) is 6.58. The summed E-state index contributed by atoms with van der Waals surface area (Å²) in [6, 6.07) is 9.77. The number of carbonyl (C=O) groups is 1. The van der Waals surface area contributed by atoms with Gasteiger partial charge in [0.1, 0.15) is 11.6 Å². The summed E-state index contributed by atoms with van der Waals surface area (Å²) in [6.45, 7) is 1.29. The van der Waals surface area contributed by atoms with Crippen molar-refractivity contribution in [2.45, 2.75) is 31.7 Å². The molecule has 1 unspecified atom stereocenters. The molecule has 3 aromatic rings. The first kappa shape index (κ1) is 21.4. The van der Waals surface area contributed by atoms with Gasteiger partial charge in [-0.3, -0.25) is 9.69 Å². The molecule has 2 aromatic carbocycles. The van der Waals surface area contributed by atoms with Crippen LogP contribution in [0.15, 0.2) is 47.0 Å². The Balaban J connectivity index is 1.39. The van der Waals surface area contributed by atoms with Crippen LogP contribution in [-0.4, -0.2) is 40.1 Å². The van der Waals surface area contributed by atoms with Gasteiger partial charge in [0.15, 0.2) is 0 Å². The second-order valence-electron chi connectivity index (χ2n) is 7.47. The third kappa shape index (κ3) is 5.45. The molecule has 1 aliphatic rings. The number of aromatic nitrogens is 2. The molecule has 2 heterocycles. The summed E-state index contributed by atoms with van der Waals surface area (Å²) in [4.78, 5) is 19.2. The molecular formula is C22H21ClF2N4O2. The average molecular weight is 447 g/mol. The van der Waals surface area contributed by atoms with E-state index in [2.05, 4.69) is 15.5 Å². The maximum atomic E-state index is 13.4. The summed E-state index contributed by atoms with van der Waals surface area (Å²) in [5.74, 6) is -0.828. The van der Waals surface area contributed by atoms with E-state index < -0.39 is 17.7 Å². The predicted octanol–water partition coefficient (Wildman–Crippen LogP) is 4.70. The maximum Gasteiger partial charge on any atom is 0.241 e. The lowest BCUT2D eigenvalue weighted by Crippen LogP contribution is -2.47. The average Bonchev–Trinajstić information content (AvgIpc) is 3.21. The number of hydrogen-bond acceptors (Lipinski definition) is 5. The molecule has 0 radical (unpaired) electrons. The fraction of sp³-hybridized carbons (Fsp3) is 0.318. The lowest BCUT2D eigenvalue weighted by molar-refractivity contribution is -0.122. The molecule has 6 nitrogen and oxygen atoms in total. The van der Waals surface area contributed by atoms with Crippen LogP contribution in [0.2, 0.25) is 5.02 Å². The topological polar surface area (TPSA) is 71.3 Å². The number of likely N-dealkylation sites (tertiary alicyclic amines) is 1. The van der Waals surface area contributed by atoms with Gasteiger partial charge in [0, 0.05) is 35.3 Å². The largest absolute Gasteiger partial charge is 0.339 e. The van der Waals surface area contributed by atoms with E-state index in [0.29, 0.717) is 36.1 Å². The summed E-state index contributed by atoms with van der Waals surface area (Å²) < 4.78 is 32.2. The van der Waals surface area contributed by atoms with Crippen molar-refractivity contribution in [1.82, 2.24) is 15.0 Å². The van der Waals surface area contributed by atoms with Gasteiger partial charge in [-0.25, -0.2) is 8.78 Å². The molecule has 1 aromatic heterocycles. The van der Waals surface area contributed by atoms with Crippen molar-refractivity contribution in [1.29, 1.82) is 0 Å². The number of hydrogen-bond donors (Lipinski definition) is 1. The second kappa shape index (κ2) is 9.53. The molecule has 0 bridgehead atoms. The molecule has 1 amide bonds. The van der Waals surface area contributed by atoms with Gasteiger partial charge in [0.05, 0.1) is 6.04 Å². The third-order valence-electron chi connectivity index (χ3n) is 5.21. The molecular weight excluding hydrogens is 426 g/mol. The van der Waals surface area contributed by atoms with Crippen LogP contribution >= 0.6 is 11.6 Å². The monoisotopic (exact) mass is 446 g/mol. The fourth-order valence-corrected chi connectivity index (χ4v) is 3.94. The number of benzene rings is 2. The van der Waals surface area contributed by atoms with Crippen molar-refractivity contribution in [3.05, 3.63) is 65.0 Å². The minimum atomic E-state index is -0.734. The first-order valence-electron chi connectivity index (χ1n) is 10.1. The Morgan fingerprint density at radius 2 is 2.00 bits per heavy atom. The Morgan fingerprint density at radius 1 is 1.19 bits per heavy atom. The zero-order valence-electron chi connectivity index (χ0n) is 16.7.